The number of imide groups is 1. The Morgan fingerprint density at radius 2 is 1.59 bits per heavy atom. The fourth-order valence-electron chi connectivity index (χ4n) is 4.02. The first-order valence-electron chi connectivity index (χ1n) is 10.8. The molecule has 3 heterocycles. The molecule has 7 nitrogen and oxygen atoms in total. The van der Waals surface area contributed by atoms with E-state index in [1.165, 1.54) is 10.1 Å². The number of imidazole rings is 1. The first-order valence-corrected chi connectivity index (χ1v) is 10.8. The third kappa shape index (κ3) is 4.61. The van der Waals surface area contributed by atoms with E-state index in [0.29, 0.717) is 12.3 Å². The Balaban J connectivity index is 0.000000707. The van der Waals surface area contributed by atoms with Gasteiger partial charge in [-0.25, -0.2) is 4.79 Å². The van der Waals surface area contributed by atoms with Gasteiger partial charge in [0.1, 0.15) is 6.04 Å². The summed E-state index contributed by atoms with van der Waals surface area (Å²) in [5.74, 6) is -0.171. The van der Waals surface area contributed by atoms with Crippen LogP contribution in [-0.4, -0.2) is 34.0 Å². The lowest BCUT2D eigenvalue weighted by molar-refractivity contribution is -0.135. The molecule has 7 heteroatoms. The van der Waals surface area contributed by atoms with Gasteiger partial charge in [-0.05, 0) is 56.0 Å². The van der Waals surface area contributed by atoms with Crippen molar-refractivity contribution >= 4 is 22.8 Å². The maximum absolute atomic E-state index is 12.8. The Labute approximate surface area is 172 Å². The summed E-state index contributed by atoms with van der Waals surface area (Å²) in [5, 5.41) is 5.70. The molecule has 4 rings (SSSR count). The second-order valence-corrected chi connectivity index (χ2v) is 6.95. The molecule has 0 radical (unpaired) electrons. The zero-order chi connectivity index (χ0) is 21.6. The van der Waals surface area contributed by atoms with Gasteiger partial charge in [0.25, 0.3) is 0 Å². The van der Waals surface area contributed by atoms with Crippen molar-refractivity contribution < 1.29 is 9.59 Å². The smallest absolute Gasteiger partial charge is 0.317 e. The molecule has 0 aliphatic carbocycles. The number of carbonyl (C=O) groups excluding carboxylic acids is 2. The van der Waals surface area contributed by atoms with Gasteiger partial charge in [-0.1, -0.05) is 33.8 Å². The van der Waals surface area contributed by atoms with Crippen LogP contribution in [0.15, 0.2) is 23.0 Å². The van der Waals surface area contributed by atoms with E-state index < -0.39 is 11.9 Å². The number of hydrogen-bond donors (Lipinski definition) is 2. The molecule has 1 aromatic carbocycles. The third-order valence-corrected chi connectivity index (χ3v) is 5.45. The highest BCUT2D eigenvalue weighted by molar-refractivity contribution is 6.00. The van der Waals surface area contributed by atoms with Crippen LogP contribution in [0.3, 0.4) is 0 Å². The monoisotopic (exact) mass is 402 g/mol. The highest BCUT2D eigenvalue weighted by atomic mass is 16.2. The lowest BCUT2D eigenvalue weighted by Gasteiger charge is -2.23. The summed E-state index contributed by atoms with van der Waals surface area (Å²) >= 11 is 0. The Hall–Kier alpha value is -2.41. The van der Waals surface area contributed by atoms with E-state index in [4.69, 9.17) is 0 Å². The molecule has 2 N–H and O–H groups in total. The van der Waals surface area contributed by atoms with Crippen LogP contribution in [0.25, 0.3) is 11.0 Å². The summed E-state index contributed by atoms with van der Waals surface area (Å²) in [4.78, 5) is 36.4. The van der Waals surface area contributed by atoms with E-state index in [-0.39, 0.29) is 18.0 Å². The van der Waals surface area contributed by atoms with Gasteiger partial charge >= 0.3 is 5.69 Å². The van der Waals surface area contributed by atoms with Crippen molar-refractivity contribution in [3.05, 3.63) is 34.2 Å². The maximum atomic E-state index is 12.8. The van der Waals surface area contributed by atoms with Crippen LogP contribution in [0.2, 0.25) is 0 Å². The fourth-order valence-corrected chi connectivity index (χ4v) is 4.02. The summed E-state index contributed by atoms with van der Waals surface area (Å²) in [6, 6.07) is 5.46. The number of benzene rings is 1. The van der Waals surface area contributed by atoms with Crippen LogP contribution in [-0.2, 0) is 16.6 Å². The zero-order valence-electron chi connectivity index (χ0n) is 18.2. The standard InChI is InChI=1S/C18H22N4O3.2C2H6/c1-21-15-10-12(11-6-8-19-9-7-11)2-3-13(15)22(18(21)25)14-4-5-16(23)20-17(14)24;2*1-2/h2-3,10-11,14,19H,4-9H2,1H3,(H,20,23,24);2*1-2H3. The second-order valence-electron chi connectivity index (χ2n) is 6.95. The molecule has 1 aromatic heterocycles. The van der Waals surface area contributed by atoms with E-state index in [2.05, 4.69) is 22.8 Å². The molecule has 1 atom stereocenters. The summed E-state index contributed by atoms with van der Waals surface area (Å²) in [6.45, 7) is 10.0. The number of carbonyl (C=O) groups is 2. The minimum Gasteiger partial charge on any atom is -0.317 e. The minimum atomic E-state index is -0.626. The molecule has 2 amide bonds. The molecule has 2 fully saturated rings. The van der Waals surface area contributed by atoms with Crippen LogP contribution < -0.4 is 16.3 Å². The van der Waals surface area contributed by atoms with E-state index in [0.717, 1.165) is 37.0 Å². The van der Waals surface area contributed by atoms with E-state index in [9.17, 15) is 14.4 Å². The summed E-state index contributed by atoms with van der Waals surface area (Å²) in [6.07, 6.45) is 2.80. The SMILES string of the molecule is CC.CC.Cn1c(=O)n(C2CCC(=O)NC2=O)c2ccc(C3CCNCC3)cc21. The van der Waals surface area contributed by atoms with E-state index in [1.807, 2.05) is 33.8 Å². The summed E-state index contributed by atoms with van der Waals surface area (Å²) in [7, 11) is 1.74. The van der Waals surface area contributed by atoms with Gasteiger partial charge in [0.2, 0.25) is 11.8 Å². The van der Waals surface area contributed by atoms with E-state index in [1.54, 1.807) is 11.6 Å². The number of nitrogens with zero attached hydrogens (tertiary/aromatic N) is 2. The van der Waals surface area contributed by atoms with Gasteiger partial charge in [-0.2, -0.15) is 0 Å². The Morgan fingerprint density at radius 3 is 2.21 bits per heavy atom. The van der Waals surface area contributed by atoms with Crippen molar-refractivity contribution in [2.24, 2.45) is 7.05 Å². The summed E-state index contributed by atoms with van der Waals surface area (Å²) in [5.41, 5.74) is 2.61. The van der Waals surface area contributed by atoms with Crippen LogP contribution >= 0.6 is 0 Å². The molecular formula is C22H34N4O3. The molecule has 2 aliphatic heterocycles. The molecule has 0 spiro atoms. The molecule has 2 aromatic rings. The fraction of sp³-hybridized carbons (Fsp3) is 0.591. The Kier molecular flexibility index (Phi) is 8.20. The Morgan fingerprint density at radius 1 is 0.931 bits per heavy atom. The van der Waals surface area contributed by atoms with Crippen molar-refractivity contribution in [2.75, 3.05) is 13.1 Å². The maximum Gasteiger partial charge on any atom is 0.329 e. The van der Waals surface area contributed by atoms with E-state index >= 15 is 0 Å². The normalized spacial score (nSPS) is 19.7. The predicted molar refractivity (Wildman–Crippen MR) is 116 cm³/mol. The van der Waals surface area contributed by atoms with Crippen LogP contribution in [0, 0.1) is 0 Å². The minimum absolute atomic E-state index is 0.216. The van der Waals surface area contributed by atoms with Crippen molar-refractivity contribution in [3.63, 3.8) is 0 Å². The van der Waals surface area contributed by atoms with Gasteiger partial charge < -0.3 is 5.32 Å². The number of rotatable bonds is 2. The lowest BCUT2D eigenvalue weighted by atomic mass is 9.90. The molecule has 2 aliphatic rings. The second kappa shape index (κ2) is 10.4. The van der Waals surface area contributed by atoms with Gasteiger partial charge in [-0.3, -0.25) is 24.0 Å². The summed E-state index contributed by atoms with van der Waals surface area (Å²) < 4.78 is 3.13. The van der Waals surface area contributed by atoms with Crippen molar-refractivity contribution in [1.29, 1.82) is 0 Å². The molecule has 29 heavy (non-hydrogen) atoms. The average Bonchev–Trinajstić information content (AvgIpc) is 3.02. The molecular weight excluding hydrogens is 368 g/mol. The van der Waals surface area contributed by atoms with Crippen LogP contribution in [0.4, 0.5) is 0 Å². The molecule has 2 saturated heterocycles. The number of piperidine rings is 2. The highest BCUT2D eigenvalue weighted by Gasteiger charge is 2.31. The average molecular weight is 403 g/mol. The van der Waals surface area contributed by atoms with Crippen LogP contribution in [0.5, 0.6) is 0 Å². The molecule has 0 saturated carbocycles. The largest absolute Gasteiger partial charge is 0.329 e. The number of hydrogen-bond acceptors (Lipinski definition) is 4. The zero-order valence-corrected chi connectivity index (χ0v) is 18.2. The van der Waals surface area contributed by atoms with Gasteiger partial charge in [0, 0.05) is 13.5 Å². The quantitative estimate of drug-likeness (QED) is 0.757. The first kappa shape index (κ1) is 22.9. The number of aromatic nitrogens is 2. The Bertz CT molecular complexity index is 907. The molecule has 160 valence electrons. The van der Waals surface area contributed by atoms with Gasteiger partial charge in [0.05, 0.1) is 11.0 Å². The number of fused-ring (bicyclic) bond motifs is 1. The topological polar surface area (TPSA) is 85.1 Å². The van der Waals surface area contributed by atoms with Gasteiger partial charge in [0.15, 0.2) is 0 Å². The number of aryl methyl sites for hydroxylation is 1. The van der Waals surface area contributed by atoms with Gasteiger partial charge in [-0.15, -0.1) is 0 Å². The van der Waals surface area contributed by atoms with Crippen molar-refractivity contribution in [2.45, 2.75) is 65.3 Å². The van der Waals surface area contributed by atoms with Crippen LogP contribution in [0.1, 0.15) is 70.9 Å². The van der Waals surface area contributed by atoms with Crippen molar-refractivity contribution in [3.8, 4) is 0 Å². The highest BCUT2D eigenvalue weighted by Crippen LogP contribution is 2.29. The molecule has 0 bridgehead atoms. The molecule has 1 unspecified atom stereocenters. The lowest BCUT2D eigenvalue weighted by Crippen LogP contribution is -2.44. The predicted octanol–water partition coefficient (Wildman–Crippen LogP) is 2.84. The third-order valence-electron chi connectivity index (χ3n) is 5.45. The van der Waals surface area contributed by atoms with Crippen molar-refractivity contribution in [1.82, 2.24) is 19.8 Å². The number of nitrogens with one attached hydrogen (secondary N) is 2. The number of amides is 2. The first-order chi connectivity index (χ1) is 14.1.